The van der Waals surface area contributed by atoms with Gasteiger partial charge in [0.1, 0.15) is 11.6 Å². The van der Waals surface area contributed by atoms with Crippen molar-refractivity contribution in [2.45, 2.75) is 12.5 Å². The fourth-order valence-electron chi connectivity index (χ4n) is 2.86. The van der Waals surface area contributed by atoms with E-state index in [0.717, 1.165) is 10.9 Å². The summed E-state index contributed by atoms with van der Waals surface area (Å²) < 4.78 is 5.61. The lowest BCUT2D eigenvalue weighted by Crippen LogP contribution is -2.45. The fourth-order valence-corrected chi connectivity index (χ4v) is 3.39. The van der Waals surface area contributed by atoms with Crippen LogP contribution in [-0.4, -0.2) is 22.8 Å². The van der Waals surface area contributed by atoms with Crippen LogP contribution in [0.4, 0.5) is 5.13 Å². The third-order valence-electron chi connectivity index (χ3n) is 4.22. The Kier molecular flexibility index (Phi) is 5.16. The van der Waals surface area contributed by atoms with E-state index in [4.69, 9.17) is 4.42 Å². The molecule has 0 unspecified atom stereocenters. The highest BCUT2D eigenvalue weighted by Crippen LogP contribution is 2.19. The van der Waals surface area contributed by atoms with Crippen LogP contribution in [0.2, 0.25) is 0 Å². The number of hydrogen-bond donors (Lipinski definition) is 2. The van der Waals surface area contributed by atoms with Crippen molar-refractivity contribution in [3.8, 4) is 0 Å². The van der Waals surface area contributed by atoms with Crippen LogP contribution in [0.25, 0.3) is 11.0 Å². The van der Waals surface area contributed by atoms with Gasteiger partial charge in [-0.3, -0.25) is 9.59 Å². The maximum atomic E-state index is 12.8. The molecule has 2 N–H and O–H groups in total. The van der Waals surface area contributed by atoms with Gasteiger partial charge in [-0.25, -0.2) is 4.98 Å². The van der Waals surface area contributed by atoms with E-state index < -0.39 is 11.9 Å². The van der Waals surface area contributed by atoms with Crippen molar-refractivity contribution in [1.29, 1.82) is 0 Å². The van der Waals surface area contributed by atoms with E-state index in [0.29, 0.717) is 17.1 Å². The highest BCUT2D eigenvalue weighted by Gasteiger charge is 2.24. The number of carbonyl (C=O) groups is 2. The van der Waals surface area contributed by atoms with Gasteiger partial charge in [-0.05, 0) is 17.7 Å². The summed E-state index contributed by atoms with van der Waals surface area (Å²) in [5, 5.41) is 8.63. The van der Waals surface area contributed by atoms with Crippen LogP contribution < -0.4 is 10.6 Å². The van der Waals surface area contributed by atoms with Crippen LogP contribution >= 0.6 is 11.3 Å². The molecular formula is C21H17N3O3S. The molecule has 0 aliphatic rings. The smallest absolute Gasteiger partial charge is 0.287 e. The van der Waals surface area contributed by atoms with Crippen molar-refractivity contribution in [2.24, 2.45) is 0 Å². The first-order valence-electron chi connectivity index (χ1n) is 8.73. The molecule has 0 aliphatic heterocycles. The summed E-state index contributed by atoms with van der Waals surface area (Å²) in [4.78, 5) is 29.6. The van der Waals surface area contributed by atoms with E-state index in [1.807, 2.05) is 48.5 Å². The first-order chi connectivity index (χ1) is 13.7. The number of furan rings is 1. The summed E-state index contributed by atoms with van der Waals surface area (Å²) in [7, 11) is 0. The van der Waals surface area contributed by atoms with E-state index in [1.165, 1.54) is 11.3 Å². The van der Waals surface area contributed by atoms with Crippen LogP contribution in [0.3, 0.4) is 0 Å². The highest BCUT2D eigenvalue weighted by molar-refractivity contribution is 7.13. The monoisotopic (exact) mass is 391 g/mol. The van der Waals surface area contributed by atoms with Crippen molar-refractivity contribution >= 4 is 39.3 Å². The van der Waals surface area contributed by atoms with Gasteiger partial charge in [0.25, 0.3) is 5.91 Å². The lowest BCUT2D eigenvalue weighted by molar-refractivity contribution is -0.118. The fraction of sp³-hybridized carbons (Fsp3) is 0.0952. The predicted octanol–water partition coefficient (Wildman–Crippen LogP) is 3.87. The lowest BCUT2D eigenvalue weighted by Gasteiger charge is -2.17. The van der Waals surface area contributed by atoms with Gasteiger partial charge in [-0.15, -0.1) is 11.3 Å². The zero-order valence-corrected chi connectivity index (χ0v) is 15.6. The number of carbonyl (C=O) groups excluding carboxylic acids is 2. The molecule has 7 heteroatoms. The Morgan fingerprint density at radius 2 is 1.86 bits per heavy atom. The number of fused-ring (bicyclic) bond motifs is 1. The number of anilines is 1. The Morgan fingerprint density at radius 3 is 2.61 bits per heavy atom. The van der Waals surface area contributed by atoms with E-state index in [2.05, 4.69) is 15.6 Å². The lowest BCUT2D eigenvalue weighted by atomic mass is 10.1. The second-order valence-corrected chi connectivity index (χ2v) is 7.09. The molecule has 0 aliphatic carbocycles. The van der Waals surface area contributed by atoms with E-state index in [9.17, 15) is 9.59 Å². The second-order valence-electron chi connectivity index (χ2n) is 6.19. The molecule has 6 nitrogen and oxygen atoms in total. The molecule has 4 rings (SSSR count). The summed E-state index contributed by atoms with van der Waals surface area (Å²) in [6, 6.07) is 17.8. The Hall–Kier alpha value is -3.45. The molecule has 140 valence electrons. The zero-order chi connectivity index (χ0) is 19.3. The standard InChI is InChI=1S/C21H17N3O3S/c25-19(24-21-22-10-11-28-21)16(12-14-6-2-1-3-7-14)23-20(26)18-13-15-8-4-5-9-17(15)27-18/h1-11,13,16H,12H2,(H,23,26)(H,22,24,25)/t16-/m0/s1. The SMILES string of the molecule is O=C(N[C@@H](Cc1ccccc1)C(=O)Nc1nccs1)c1cc2ccccc2o1. The normalized spacial score (nSPS) is 11.9. The van der Waals surface area contributed by atoms with Crippen molar-refractivity contribution in [3.05, 3.63) is 83.6 Å². The van der Waals surface area contributed by atoms with Crippen LogP contribution in [0.15, 0.2) is 76.7 Å². The van der Waals surface area contributed by atoms with Gasteiger partial charge in [0.05, 0.1) is 0 Å². The average molecular weight is 391 g/mol. The number of rotatable bonds is 6. The number of para-hydroxylation sites is 1. The number of aromatic nitrogens is 1. The third kappa shape index (κ3) is 4.10. The van der Waals surface area contributed by atoms with E-state index in [-0.39, 0.29) is 11.7 Å². The van der Waals surface area contributed by atoms with Crippen molar-refractivity contribution in [2.75, 3.05) is 5.32 Å². The van der Waals surface area contributed by atoms with Crippen molar-refractivity contribution in [1.82, 2.24) is 10.3 Å². The van der Waals surface area contributed by atoms with Crippen LogP contribution in [0.5, 0.6) is 0 Å². The largest absolute Gasteiger partial charge is 0.451 e. The minimum absolute atomic E-state index is 0.168. The predicted molar refractivity (Wildman–Crippen MR) is 108 cm³/mol. The molecule has 28 heavy (non-hydrogen) atoms. The molecule has 0 fully saturated rings. The molecular weight excluding hydrogens is 374 g/mol. The van der Waals surface area contributed by atoms with Gasteiger partial charge in [-0.2, -0.15) is 0 Å². The Balaban J connectivity index is 1.54. The molecule has 1 atom stereocenters. The maximum absolute atomic E-state index is 12.8. The molecule has 0 bridgehead atoms. The van der Waals surface area contributed by atoms with Crippen molar-refractivity contribution < 1.29 is 14.0 Å². The third-order valence-corrected chi connectivity index (χ3v) is 4.90. The Morgan fingerprint density at radius 1 is 1.07 bits per heavy atom. The van der Waals surface area contributed by atoms with Gasteiger partial charge in [0.2, 0.25) is 5.91 Å². The van der Waals surface area contributed by atoms with E-state index in [1.54, 1.807) is 23.7 Å². The molecule has 2 amide bonds. The summed E-state index contributed by atoms with van der Waals surface area (Å²) in [6.45, 7) is 0. The van der Waals surface area contributed by atoms with Crippen molar-refractivity contribution in [3.63, 3.8) is 0 Å². The van der Waals surface area contributed by atoms with Crippen LogP contribution in [-0.2, 0) is 11.2 Å². The summed E-state index contributed by atoms with van der Waals surface area (Å²) in [6.07, 6.45) is 1.96. The minimum Gasteiger partial charge on any atom is -0.451 e. The maximum Gasteiger partial charge on any atom is 0.287 e. The first kappa shape index (κ1) is 17.9. The number of amides is 2. The molecule has 2 aromatic carbocycles. The first-order valence-corrected chi connectivity index (χ1v) is 9.61. The molecule has 0 radical (unpaired) electrons. The molecule has 2 aromatic heterocycles. The van der Waals surface area contributed by atoms with Gasteiger partial charge < -0.3 is 15.1 Å². The summed E-state index contributed by atoms with van der Waals surface area (Å²) in [5.74, 6) is -0.601. The molecule has 0 spiro atoms. The summed E-state index contributed by atoms with van der Waals surface area (Å²) in [5.41, 5.74) is 1.56. The van der Waals surface area contributed by atoms with Gasteiger partial charge in [0.15, 0.2) is 10.9 Å². The van der Waals surface area contributed by atoms with Gasteiger partial charge >= 0.3 is 0 Å². The molecule has 0 saturated carbocycles. The van der Waals surface area contributed by atoms with Gasteiger partial charge in [-0.1, -0.05) is 48.5 Å². The number of benzene rings is 2. The van der Waals surface area contributed by atoms with E-state index >= 15 is 0 Å². The number of thiazole rings is 1. The highest BCUT2D eigenvalue weighted by atomic mass is 32.1. The average Bonchev–Trinajstić information content (AvgIpc) is 3.37. The number of hydrogen-bond acceptors (Lipinski definition) is 5. The van der Waals surface area contributed by atoms with Crippen LogP contribution in [0.1, 0.15) is 16.1 Å². The quantitative estimate of drug-likeness (QED) is 0.523. The Labute approximate surface area is 165 Å². The summed E-state index contributed by atoms with van der Waals surface area (Å²) >= 11 is 1.32. The second kappa shape index (κ2) is 8.06. The number of nitrogens with one attached hydrogen (secondary N) is 2. The topological polar surface area (TPSA) is 84.2 Å². The van der Waals surface area contributed by atoms with Gasteiger partial charge in [0, 0.05) is 23.4 Å². The number of nitrogens with zero attached hydrogens (tertiary/aromatic N) is 1. The zero-order valence-electron chi connectivity index (χ0n) is 14.8. The Bertz CT molecular complexity index is 1060. The minimum atomic E-state index is -0.771. The molecule has 4 aromatic rings. The molecule has 2 heterocycles. The van der Waals surface area contributed by atoms with Crippen LogP contribution in [0, 0.1) is 0 Å². The molecule has 0 saturated heterocycles.